The third kappa shape index (κ3) is 4.88. The highest BCUT2D eigenvalue weighted by molar-refractivity contribution is 5.79. The Morgan fingerprint density at radius 2 is 2.04 bits per heavy atom. The maximum absolute atomic E-state index is 6.28. The first-order valence-corrected chi connectivity index (χ1v) is 9.36. The van der Waals surface area contributed by atoms with Crippen LogP contribution in [0.3, 0.4) is 0 Å². The summed E-state index contributed by atoms with van der Waals surface area (Å²) in [4.78, 5) is 4.33. The van der Waals surface area contributed by atoms with Gasteiger partial charge in [0, 0.05) is 31.1 Å². The molecule has 1 aliphatic carbocycles. The van der Waals surface area contributed by atoms with Crippen LogP contribution in [-0.4, -0.2) is 38.9 Å². The molecule has 5 heteroatoms. The number of hydrogen-bond donors (Lipinski definition) is 2. The van der Waals surface area contributed by atoms with E-state index >= 15 is 0 Å². The van der Waals surface area contributed by atoms with Crippen LogP contribution >= 0.6 is 0 Å². The van der Waals surface area contributed by atoms with Crippen LogP contribution < -0.4 is 15.4 Å². The topological polar surface area (TPSA) is 54.9 Å². The molecule has 2 N–H and O–H groups in total. The van der Waals surface area contributed by atoms with Crippen LogP contribution in [0.4, 0.5) is 0 Å². The average Bonchev–Trinajstić information content (AvgIpc) is 3.08. The van der Waals surface area contributed by atoms with Crippen LogP contribution in [0.1, 0.15) is 43.7 Å². The third-order valence-corrected chi connectivity index (χ3v) is 5.07. The summed E-state index contributed by atoms with van der Waals surface area (Å²) in [7, 11) is 1.81. The van der Waals surface area contributed by atoms with Gasteiger partial charge < -0.3 is 20.1 Å². The largest absolute Gasteiger partial charge is 0.490 e. The van der Waals surface area contributed by atoms with Crippen molar-refractivity contribution in [2.45, 2.75) is 52.2 Å². The van der Waals surface area contributed by atoms with Crippen molar-refractivity contribution in [1.29, 1.82) is 0 Å². The van der Waals surface area contributed by atoms with Gasteiger partial charge in [-0.25, -0.2) is 0 Å². The van der Waals surface area contributed by atoms with Gasteiger partial charge in [-0.2, -0.15) is 0 Å². The maximum Gasteiger partial charge on any atom is 0.191 e. The van der Waals surface area contributed by atoms with Gasteiger partial charge in [-0.15, -0.1) is 0 Å². The van der Waals surface area contributed by atoms with Crippen molar-refractivity contribution in [3.63, 3.8) is 0 Å². The molecule has 0 aromatic heterocycles. The molecule has 1 aromatic carbocycles. The van der Waals surface area contributed by atoms with Crippen LogP contribution in [0.15, 0.2) is 23.2 Å². The number of ether oxygens (including phenoxy) is 2. The molecule has 5 nitrogen and oxygen atoms in total. The number of guanidine groups is 1. The molecule has 2 aliphatic rings. The van der Waals surface area contributed by atoms with E-state index < -0.39 is 0 Å². The second kappa shape index (κ2) is 8.09. The summed E-state index contributed by atoms with van der Waals surface area (Å²) in [5, 5.41) is 6.81. The van der Waals surface area contributed by atoms with Crippen LogP contribution in [-0.2, 0) is 11.3 Å². The zero-order chi connectivity index (χ0) is 17.7. The van der Waals surface area contributed by atoms with Crippen LogP contribution in [0.5, 0.6) is 5.75 Å². The number of benzene rings is 1. The summed E-state index contributed by atoms with van der Waals surface area (Å²) in [6.07, 6.45) is 5.28. The predicted molar refractivity (Wildman–Crippen MR) is 101 cm³/mol. The highest BCUT2D eigenvalue weighted by Gasteiger charge is 2.33. The molecule has 3 rings (SSSR count). The Kier molecular flexibility index (Phi) is 5.84. The second-order valence-electron chi connectivity index (χ2n) is 7.72. The molecule has 0 radical (unpaired) electrons. The van der Waals surface area contributed by atoms with Gasteiger partial charge in [0.1, 0.15) is 5.75 Å². The van der Waals surface area contributed by atoms with E-state index in [0.29, 0.717) is 12.6 Å². The van der Waals surface area contributed by atoms with Crippen molar-refractivity contribution in [1.82, 2.24) is 10.6 Å². The van der Waals surface area contributed by atoms with Crippen LogP contribution in [0.25, 0.3) is 0 Å². The SMILES string of the molecule is CN=C(NCc1ccc(C)cc1OC1CCCC1)NCC1(C)COC1. The Morgan fingerprint density at radius 3 is 2.68 bits per heavy atom. The Morgan fingerprint density at radius 1 is 1.28 bits per heavy atom. The fraction of sp³-hybridized carbons (Fsp3) is 0.650. The summed E-state index contributed by atoms with van der Waals surface area (Å²) >= 11 is 0. The molecule has 1 heterocycles. The monoisotopic (exact) mass is 345 g/mol. The van der Waals surface area contributed by atoms with Crippen molar-refractivity contribution < 1.29 is 9.47 Å². The molecule has 0 atom stereocenters. The Hall–Kier alpha value is -1.75. The predicted octanol–water partition coefficient (Wildman–Crippen LogP) is 3.02. The first-order chi connectivity index (χ1) is 12.1. The van der Waals surface area contributed by atoms with Gasteiger partial charge in [0.2, 0.25) is 0 Å². The van der Waals surface area contributed by atoms with Crippen LogP contribution in [0, 0.1) is 12.3 Å². The maximum atomic E-state index is 6.28. The molecular formula is C20H31N3O2. The van der Waals surface area contributed by atoms with E-state index in [0.717, 1.165) is 31.5 Å². The minimum atomic E-state index is 0.220. The molecule has 1 aliphatic heterocycles. The van der Waals surface area contributed by atoms with E-state index in [1.54, 1.807) is 7.05 Å². The molecule has 2 fully saturated rings. The van der Waals surface area contributed by atoms with Gasteiger partial charge in [0.15, 0.2) is 5.96 Å². The molecule has 0 bridgehead atoms. The number of nitrogens with zero attached hydrogens (tertiary/aromatic N) is 1. The lowest BCUT2D eigenvalue weighted by Gasteiger charge is -2.38. The zero-order valence-electron chi connectivity index (χ0n) is 15.7. The van der Waals surface area contributed by atoms with Gasteiger partial charge in [0.05, 0.1) is 19.3 Å². The van der Waals surface area contributed by atoms with E-state index in [2.05, 4.69) is 47.7 Å². The van der Waals surface area contributed by atoms with E-state index in [9.17, 15) is 0 Å². The number of nitrogens with one attached hydrogen (secondary N) is 2. The lowest BCUT2D eigenvalue weighted by Crippen LogP contribution is -2.50. The minimum absolute atomic E-state index is 0.220. The molecule has 0 unspecified atom stereocenters. The van der Waals surface area contributed by atoms with E-state index in [1.807, 2.05) is 0 Å². The van der Waals surface area contributed by atoms with Crippen molar-refractivity contribution in [2.24, 2.45) is 10.4 Å². The zero-order valence-corrected chi connectivity index (χ0v) is 15.7. The van der Waals surface area contributed by atoms with Crippen molar-refractivity contribution in [2.75, 3.05) is 26.8 Å². The van der Waals surface area contributed by atoms with E-state index in [-0.39, 0.29) is 5.41 Å². The molecule has 0 amide bonds. The Labute approximate surface area is 151 Å². The molecule has 0 spiro atoms. The number of hydrogen-bond acceptors (Lipinski definition) is 3. The standard InChI is InChI=1S/C20H31N3O2/c1-15-8-9-16(18(10-15)25-17-6-4-5-7-17)11-22-19(21-3)23-12-20(2)13-24-14-20/h8-10,17H,4-7,11-14H2,1-3H3,(H2,21,22,23). The van der Waals surface area contributed by atoms with Gasteiger partial charge >= 0.3 is 0 Å². The van der Waals surface area contributed by atoms with Gasteiger partial charge in [-0.3, -0.25) is 4.99 Å². The van der Waals surface area contributed by atoms with E-state index in [4.69, 9.17) is 9.47 Å². The number of aliphatic imine (C=N–C) groups is 1. The molecule has 25 heavy (non-hydrogen) atoms. The fourth-order valence-corrected chi connectivity index (χ4v) is 3.35. The highest BCUT2D eigenvalue weighted by Crippen LogP contribution is 2.28. The summed E-state index contributed by atoms with van der Waals surface area (Å²) in [5.41, 5.74) is 2.63. The van der Waals surface area contributed by atoms with Gasteiger partial charge in [-0.05, 0) is 44.2 Å². The summed E-state index contributed by atoms with van der Waals surface area (Å²) in [5.74, 6) is 1.83. The first-order valence-electron chi connectivity index (χ1n) is 9.36. The normalized spacial score (nSPS) is 20.2. The lowest BCUT2D eigenvalue weighted by atomic mass is 9.89. The molecule has 1 aromatic rings. The third-order valence-electron chi connectivity index (χ3n) is 5.07. The van der Waals surface area contributed by atoms with Crippen molar-refractivity contribution in [3.8, 4) is 5.75 Å². The van der Waals surface area contributed by atoms with Crippen molar-refractivity contribution >= 4 is 5.96 Å². The fourth-order valence-electron chi connectivity index (χ4n) is 3.35. The number of rotatable bonds is 6. The summed E-state index contributed by atoms with van der Waals surface area (Å²) < 4.78 is 11.6. The lowest BCUT2D eigenvalue weighted by molar-refractivity contribution is -0.0971. The molecular weight excluding hydrogens is 314 g/mol. The van der Waals surface area contributed by atoms with E-state index in [1.165, 1.54) is 36.8 Å². The Bertz CT molecular complexity index is 605. The number of aryl methyl sites for hydroxylation is 1. The summed E-state index contributed by atoms with van der Waals surface area (Å²) in [6.45, 7) is 7.54. The minimum Gasteiger partial charge on any atom is -0.490 e. The molecule has 1 saturated heterocycles. The second-order valence-corrected chi connectivity index (χ2v) is 7.72. The first kappa shape index (κ1) is 18.1. The molecule has 1 saturated carbocycles. The van der Waals surface area contributed by atoms with Gasteiger partial charge in [-0.1, -0.05) is 19.1 Å². The van der Waals surface area contributed by atoms with Crippen molar-refractivity contribution in [3.05, 3.63) is 29.3 Å². The highest BCUT2D eigenvalue weighted by atomic mass is 16.5. The molecule has 138 valence electrons. The average molecular weight is 345 g/mol. The smallest absolute Gasteiger partial charge is 0.191 e. The van der Waals surface area contributed by atoms with Gasteiger partial charge in [0.25, 0.3) is 0 Å². The summed E-state index contributed by atoms with van der Waals surface area (Å²) in [6, 6.07) is 6.45. The Balaban J connectivity index is 1.57. The van der Waals surface area contributed by atoms with Crippen LogP contribution in [0.2, 0.25) is 0 Å². The quantitative estimate of drug-likeness (QED) is 0.615.